The first kappa shape index (κ1) is 11.3. The second-order valence-electron chi connectivity index (χ2n) is 3.50. The summed E-state index contributed by atoms with van der Waals surface area (Å²) in [7, 11) is 0. The van der Waals surface area contributed by atoms with E-state index in [1.54, 1.807) is 0 Å². The van der Waals surface area contributed by atoms with Crippen molar-refractivity contribution < 1.29 is 0 Å². The Morgan fingerprint density at radius 1 is 1.31 bits per heavy atom. The first-order chi connectivity index (χ1) is 7.79. The average Bonchev–Trinajstić information content (AvgIpc) is 2.30. The molecule has 1 aliphatic rings. The fourth-order valence-corrected chi connectivity index (χ4v) is 1.74. The minimum atomic E-state index is 0.236. The molecule has 1 aliphatic heterocycles. The van der Waals surface area contributed by atoms with Crippen LogP contribution in [-0.4, -0.2) is 47.7 Å². The Kier molecular flexibility index (Phi) is 3.74. The van der Waals surface area contributed by atoms with Crippen molar-refractivity contribution in [2.75, 3.05) is 42.9 Å². The van der Waals surface area contributed by atoms with E-state index >= 15 is 0 Å². The summed E-state index contributed by atoms with van der Waals surface area (Å²) < 4.78 is 0. The zero-order chi connectivity index (χ0) is 11.4. The molecule has 0 saturated carbocycles. The molecule has 6 nitrogen and oxygen atoms in total. The molecule has 1 saturated heterocycles. The quantitative estimate of drug-likeness (QED) is 0.798. The third-order valence-corrected chi connectivity index (χ3v) is 2.50. The number of aromatic nitrogens is 3. The monoisotopic (exact) mass is 242 g/mol. The minimum absolute atomic E-state index is 0.236. The Bertz CT molecular complexity index is 352. The molecule has 0 aliphatic carbocycles. The van der Waals surface area contributed by atoms with Crippen molar-refractivity contribution in [1.82, 2.24) is 20.3 Å². The molecule has 1 aromatic rings. The van der Waals surface area contributed by atoms with Gasteiger partial charge in [0.1, 0.15) is 0 Å². The maximum absolute atomic E-state index is 5.86. The van der Waals surface area contributed by atoms with Crippen LogP contribution >= 0.6 is 11.6 Å². The molecule has 0 amide bonds. The van der Waals surface area contributed by atoms with Crippen LogP contribution in [0.3, 0.4) is 0 Å². The lowest BCUT2D eigenvalue weighted by Crippen LogP contribution is -2.44. The van der Waals surface area contributed by atoms with Gasteiger partial charge >= 0.3 is 0 Å². The molecule has 1 fully saturated rings. The summed E-state index contributed by atoms with van der Waals surface area (Å²) in [4.78, 5) is 14.6. The second-order valence-corrected chi connectivity index (χ2v) is 3.83. The Morgan fingerprint density at radius 2 is 2.06 bits per heavy atom. The normalized spacial score (nSPS) is 16.2. The molecule has 2 heterocycles. The number of halogens is 1. The van der Waals surface area contributed by atoms with E-state index in [0.717, 1.165) is 32.7 Å². The van der Waals surface area contributed by atoms with E-state index < -0.39 is 0 Å². The van der Waals surface area contributed by atoms with Crippen LogP contribution in [0.2, 0.25) is 5.28 Å². The van der Waals surface area contributed by atoms with Crippen molar-refractivity contribution in [2.24, 2.45) is 0 Å². The largest absolute Gasteiger partial charge is 0.354 e. The van der Waals surface area contributed by atoms with Gasteiger partial charge in [-0.2, -0.15) is 15.0 Å². The zero-order valence-electron chi connectivity index (χ0n) is 9.20. The van der Waals surface area contributed by atoms with Crippen molar-refractivity contribution in [3.63, 3.8) is 0 Å². The highest BCUT2D eigenvalue weighted by atomic mass is 35.5. The fourth-order valence-electron chi connectivity index (χ4n) is 1.58. The first-order valence-electron chi connectivity index (χ1n) is 5.40. The maximum atomic E-state index is 5.86. The summed E-state index contributed by atoms with van der Waals surface area (Å²) in [6.45, 7) is 6.43. The van der Waals surface area contributed by atoms with Gasteiger partial charge in [0, 0.05) is 32.7 Å². The Morgan fingerprint density at radius 3 is 2.75 bits per heavy atom. The number of hydrogen-bond acceptors (Lipinski definition) is 6. The first-order valence-corrected chi connectivity index (χ1v) is 5.78. The third kappa shape index (κ3) is 2.70. The lowest BCUT2D eigenvalue weighted by molar-refractivity contribution is 0.579. The molecular weight excluding hydrogens is 228 g/mol. The second kappa shape index (κ2) is 5.27. The lowest BCUT2D eigenvalue weighted by atomic mass is 10.4. The van der Waals surface area contributed by atoms with Gasteiger partial charge in [-0.25, -0.2) is 0 Å². The molecule has 0 spiro atoms. The molecule has 1 aromatic heterocycles. The topological polar surface area (TPSA) is 66.0 Å². The molecule has 7 heteroatoms. The van der Waals surface area contributed by atoms with E-state index in [2.05, 4.69) is 30.5 Å². The van der Waals surface area contributed by atoms with Gasteiger partial charge in [0.15, 0.2) is 0 Å². The molecule has 0 radical (unpaired) electrons. The van der Waals surface area contributed by atoms with E-state index in [1.165, 1.54) is 0 Å². The predicted octanol–water partition coefficient (Wildman–Crippen LogP) is 0.366. The summed E-state index contributed by atoms with van der Waals surface area (Å²) in [6.07, 6.45) is 0. The Labute approximate surface area is 99.4 Å². The highest BCUT2D eigenvalue weighted by molar-refractivity contribution is 6.28. The molecule has 16 heavy (non-hydrogen) atoms. The predicted molar refractivity (Wildman–Crippen MR) is 64.1 cm³/mol. The summed E-state index contributed by atoms with van der Waals surface area (Å²) in [6, 6.07) is 0. The number of nitrogens with zero attached hydrogens (tertiary/aromatic N) is 4. The van der Waals surface area contributed by atoms with Crippen LogP contribution < -0.4 is 15.5 Å². The molecular formula is C9H15ClN6. The van der Waals surface area contributed by atoms with Crippen LogP contribution in [0.5, 0.6) is 0 Å². The summed E-state index contributed by atoms with van der Waals surface area (Å²) >= 11 is 5.86. The van der Waals surface area contributed by atoms with Crippen LogP contribution in [-0.2, 0) is 0 Å². The number of nitrogens with one attached hydrogen (secondary N) is 2. The summed E-state index contributed by atoms with van der Waals surface area (Å²) in [5, 5.41) is 6.55. The highest BCUT2D eigenvalue weighted by Gasteiger charge is 2.14. The third-order valence-electron chi connectivity index (χ3n) is 2.33. The molecule has 2 N–H and O–H groups in total. The number of rotatable bonds is 3. The molecule has 0 bridgehead atoms. The van der Waals surface area contributed by atoms with Crippen LogP contribution in [0, 0.1) is 0 Å². The SMILES string of the molecule is CCNc1nc(Cl)nc(N2CCNCC2)n1. The van der Waals surface area contributed by atoms with Crippen LogP contribution in [0.25, 0.3) is 0 Å². The highest BCUT2D eigenvalue weighted by Crippen LogP contribution is 2.13. The van der Waals surface area contributed by atoms with Gasteiger partial charge in [-0.1, -0.05) is 0 Å². The lowest BCUT2D eigenvalue weighted by Gasteiger charge is -2.27. The maximum Gasteiger partial charge on any atom is 0.231 e. The van der Waals surface area contributed by atoms with E-state index in [1.807, 2.05) is 6.92 Å². The Balaban J connectivity index is 2.18. The molecule has 2 rings (SSSR count). The summed E-state index contributed by atoms with van der Waals surface area (Å²) in [5.41, 5.74) is 0. The van der Waals surface area contributed by atoms with E-state index in [-0.39, 0.29) is 5.28 Å². The van der Waals surface area contributed by atoms with E-state index in [9.17, 15) is 0 Å². The standard InChI is InChI=1S/C9H15ClN6/c1-2-12-8-13-7(10)14-9(15-8)16-5-3-11-4-6-16/h11H,2-6H2,1H3,(H,12,13,14,15). The van der Waals surface area contributed by atoms with Crippen molar-refractivity contribution in [3.8, 4) is 0 Å². The number of anilines is 2. The van der Waals surface area contributed by atoms with Gasteiger partial charge in [-0.15, -0.1) is 0 Å². The molecule has 0 aromatic carbocycles. The van der Waals surface area contributed by atoms with Crippen molar-refractivity contribution >= 4 is 23.5 Å². The smallest absolute Gasteiger partial charge is 0.231 e. The molecule has 0 unspecified atom stereocenters. The van der Waals surface area contributed by atoms with Gasteiger partial charge < -0.3 is 15.5 Å². The van der Waals surface area contributed by atoms with Crippen LogP contribution in [0.1, 0.15) is 6.92 Å². The van der Waals surface area contributed by atoms with Gasteiger partial charge in [-0.3, -0.25) is 0 Å². The van der Waals surface area contributed by atoms with E-state index in [0.29, 0.717) is 11.9 Å². The van der Waals surface area contributed by atoms with Crippen LogP contribution in [0.15, 0.2) is 0 Å². The Hall–Kier alpha value is -1.14. The molecule has 0 atom stereocenters. The van der Waals surface area contributed by atoms with Gasteiger partial charge in [-0.05, 0) is 18.5 Å². The summed E-state index contributed by atoms with van der Waals surface area (Å²) in [5.74, 6) is 1.19. The van der Waals surface area contributed by atoms with Gasteiger partial charge in [0.05, 0.1) is 0 Å². The van der Waals surface area contributed by atoms with Gasteiger partial charge in [0.25, 0.3) is 0 Å². The van der Waals surface area contributed by atoms with E-state index in [4.69, 9.17) is 11.6 Å². The molecule has 88 valence electrons. The minimum Gasteiger partial charge on any atom is -0.354 e. The average molecular weight is 243 g/mol. The number of piperazine rings is 1. The number of hydrogen-bond donors (Lipinski definition) is 2. The van der Waals surface area contributed by atoms with Crippen molar-refractivity contribution in [1.29, 1.82) is 0 Å². The van der Waals surface area contributed by atoms with Crippen LogP contribution in [0.4, 0.5) is 11.9 Å². The fraction of sp³-hybridized carbons (Fsp3) is 0.667. The van der Waals surface area contributed by atoms with Crippen molar-refractivity contribution in [2.45, 2.75) is 6.92 Å². The zero-order valence-corrected chi connectivity index (χ0v) is 9.96. The van der Waals surface area contributed by atoms with Gasteiger partial charge in [0.2, 0.25) is 17.2 Å². The van der Waals surface area contributed by atoms with Crippen molar-refractivity contribution in [3.05, 3.63) is 5.28 Å².